The van der Waals surface area contributed by atoms with Crippen LogP contribution in [0.15, 0.2) is 18.2 Å². The monoisotopic (exact) mass is 262 g/mol. The summed E-state index contributed by atoms with van der Waals surface area (Å²) in [4.78, 5) is 11.1. The lowest BCUT2D eigenvalue weighted by molar-refractivity contribution is -0.143. The quantitative estimate of drug-likeness (QED) is 0.755. The molecule has 0 heterocycles. The molecule has 0 unspecified atom stereocenters. The maximum Gasteiger partial charge on any atom is 0.306 e. The van der Waals surface area contributed by atoms with Crippen molar-refractivity contribution in [2.75, 3.05) is 6.61 Å². The molecule has 2 nitrogen and oxygen atoms in total. The third-order valence-electron chi connectivity index (χ3n) is 2.24. The van der Waals surface area contributed by atoms with Gasteiger partial charge >= 0.3 is 5.97 Å². The molecular formula is C12H13ClF2O2. The van der Waals surface area contributed by atoms with Crippen LogP contribution in [-0.2, 0) is 16.0 Å². The van der Waals surface area contributed by atoms with Gasteiger partial charge in [0.15, 0.2) is 0 Å². The zero-order valence-electron chi connectivity index (χ0n) is 9.38. The van der Waals surface area contributed by atoms with E-state index in [-0.39, 0.29) is 25.0 Å². The largest absolute Gasteiger partial charge is 0.466 e. The van der Waals surface area contributed by atoms with Crippen LogP contribution in [0.3, 0.4) is 0 Å². The molecule has 0 N–H and O–H groups in total. The van der Waals surface area contributed by atoms with E-state index < -0.39 is 12.4 Å². The molecule has 1 aromatic rings. The minimum Gasteiger partial charge on any atom is -0.466 e. The first kappa shape index (κ1) is 13.9. The highest BCUT2D eigenvalue weighted by atomic mass is 35.5. The Morgan fingerprint density at radius 3 is 2.76 bits per heavy atom. The summed E-state index contributed by atoms with van der Waals surface area (Å²) >= 11 is 5.74. The predicted octanol–water partition coefficient (Wildman–Crippen LogP) is 3.77. The first-order chi connectivity index (χ1) is 8.04. The Morgan fingerprint density at radius 2 is 2.18 bits per heavy atom. The summed E-state index contributed by atoms with van der Waals surface area (Å²) in [5.41, 5.74) is 0.305. The predicted molar refractivity (Wildman–Crippen MR) is 61.4 cm³/mol. The Morgan fingerprint density at radius 1 is 1.47 bits per heavy atom. The second-order valence-electron chi connectivity index (χ2n) is 3.45. The Bertz CT molecular complexity index is 394. The van der Waals surface area contributed by atoms with E-state index in [0.717, 1.165) is 0 Å². The average molecular weight is 263 g/mol. The minimum atomic E-state index is -2.57. The van der Waals surface area contributed by atoms with E-state index in [1.54, 1.807) is 6.92 Å². The maximum absolute atomic E-state index is 12.7. The molecule has 1 aromatic carbocycles. The highest BCUT2D eigenvalue weighted by Gasteiger charge is 2.14. The van der Waals surface area contributed by atoms with Crippen LogP contribution in [0.2, 0.25) is 5.02 Å². The number of hydrogen-bond acceptors (Lipinski definition) is 2. The smallest absolute Gasteiger partial charge is 0.306 e. The molecular weight excluding hydrogens is 250 g/mol. The van der Waals surface area contributed by atoms with Crippen molar-refractivity contribution < 1.29 is 18.3 Å². The normalized spacial score (nSPS) is 10.6. The molecule has 0 atom stereocenters. The fourth-order valence-electron chi connectivity index (χ4n) is 1.47. The highest BCUT2D eigenvalue weighted by Crippen LogP contribution is 2.26. The van der Waals surface area contributed by atoms with Gasteiger partial charge in [-0.05, 0) is 31.0 Å². The molecule has 0 saturated carbocycles. The van der Waals surface area contributed by atoms with Crippen LogP contribution in [0.5, 0.6) is 0 Å². The molecule has 0 spiro atoms. The molecule has 0 aliphatic carbocycles. The SMILES string of the molecule is CCOC(=O)CCc1cc(Cl)ccc1C(F)F. The van der Waals surface area contributed by atoms with Crippen molar-refractivity contribution in [1.82, 2.24) is 0 Å². The van der Waals surface area contributed by atoms with Gasteiger partial charge in [0, 0.05) is 17.0 Å². The van der Waals surface area contributed by atoms with E-state index >= 15 is 0 Å². The highest BCUT2D eigenvalue weighted by molar-refractivity contribution is 6.30. The van der Waals surface area contributed by atoms with Gasteiger partial charge in [-0.3, -0.25) is 4.79 Å². The van der Waals surface area contributed by atoms with E-state index in [9.17, 15) is 13.6 Å². The number of hydrogen-bond donors (Lipinski definition) is 0. The first-order valence-electron chi connectivity index (χ1n) is 5.26. The van der Waals surface area contributed by atoms with Gasteiger partial charge in [-0.25, -0.2) is 8.78 Å². The molecule has 17 heavy (non-hydrogen) atoms. The second-order valence-corrected chi connectivity index (χ2v) is 3.89. The zero-order chi connectivity index (χ0) is 12.8. The summed E-state index contributed by atoms with van der Waals surface area (Å²) in [6.45, 7) is 1.98. The number of carbonyl (C=O) groups is 1. The van der Waals surface area contributed by atoms with E-state index in [1.165, 1.54) is 18.2 Å². The standard InChI is InChI=1S/C12H13ClF2O2/c1-2-17-11(16)6-3-8-7-9(13)4-5-10(8)12(14)15/h4-5,7,12H,2-3,6H2,1H3. The lowest BCUT2D eigenvalue weighted by Gasteiger charge is -2.09. The third kappa shape index (κ3) is 4.30. The Kier molecular flexibility index (Phi) is 5.35. The number of rotatable bonds is 5. The number of carbonyl (C=O) groups excluding carboxylic acids is 1. The third-order valence-corrected chi connectivity index (χ3v) is 2.48. The van der Waals surface area contributed by atoms with Gasteiger partial charge in [0.25, 0.3) is 6.43 Å². The van der Waals surface area contributed by atoms with Crippen LogP contribution in [0.4, 0.5) is 8.78 Å². The number of benzene rings is 1. The number of esters is 1. The van der Waals surface area contributed by atoms with Crippen molar-refractivity contribution in [2.24, 2.45) is 0 Å². The molecule has 94 valence electrons. The molecule has 0 aliphatic rings. The molecule has 0 bridgehead atoms. The first-order valence-corrected chi connectivity index (χ1v) is 5.64. The zero-order valence-corrected chi connectivity index (χ0v) is 10.1. The topological polar surface area (TPSA) is 26.3 Å². The fraction of sp³-hybridized carbons (Fsp3) is 0.417. The van der Waals surface area contributed by atoms with E-state index in [2.05, 4.69) is 0 Å². The summed E-state index contributed by atoms with van der Waals surface area (Å²) in [5.74, 6) is -0.396. The van der Waals surface area contributed by atoms with Gasteiger partial charge in [-0.15, -0.1) is 0 Å². The van der Waals surface area contributed by atoms with Crippen molar-refractivity contribution in [3.05, 3.63) is 34.3 Å². The fourth-order valence-corrected chi connectivity index (χ4v) is 1.67. The van der Waals surface area contributed by atoms with Crippen LogP contribution in [0, 0.1) is 0 Å². The number of aryl methyl sites for hydroxylation is 1. The lowest BCUT2D eigenvalue weighted by Crippen LogP contribution is -2.06. The second kappa shape index (κ2) is 6.55. The summed E-state index contributed by atoms with van der Waals surface area (Å²) in [6, 6.07) is 4.16. The van der Waals surface area contributed by atoms with Gasteiger partial charge in [0.2, 0.25) is 0 Å². The van der Waals surface area contributed by atoms with Crippen LogP contribution >= 0.6 is 11.6 Å². The number of ether oxygens (including phenoxy) is 1. The van der Waals surface area contributed by atoms with Crippen LogP contribution in [0.25, 0.3) is 0 Å². The summed E-state index contributed by atoms with van der Waals surface area (Å²) in [7, 11) is 0. The van der Waals surface area contributed by atoms with Crippen molar-refractivity contribution in [3.63, 3.8) is 0 Å². The van der Waals surface area contributed by atoms with E-state index in [0.29, 0.717) is 10.6 Å². The molecule has 1 rings (SSSR count). The van der Waals surface area contributed by atoms with Gasteiger partial charge < -0.3 is 4.74 Å². The maximum atomic E-state index is 12.7. The number of halogens is 3. The molecule has 0 radical (unpaired) electrons. The number of alkyl halides is 2. The Hall–Kier alpha value is -1.16. The molecule has 0 saturated heterocycles. The minimum absolute atomic E-state index is 0.0773. The van der Waals surface area contributed by atoms with Gasteiger partial charge in [0.05, 0.1) is 6.61 Å². The van der Waals surface area contributed by atoms with Crippen molar-refractivity contribution in [2.45, 2.75) is 26.2 Å². The molecule has 0 aliphatic heterocycles. The average Bonchev–Trinajstić information content (AvgIpc) is 2.26. The van der Waals surface area contributed by atoms with Gasteiger partial charge in [-0.2, -0.15) is 0 Å². The van der Waals surface area contributed by atoms with Crippen LogP contribution in [0.1, 0.15) is 30.9 Å². The molecule has 0 fully saturated rings. The van der Waals surface area contributed by atoms with Crippen LogP contribution < -0.4 is 0 Å². The van der Waals surface area contributed by atoms with Crippen molar-refractivity contribution in [3.8, 4) is 0 Å². The van der Waals surface area contributed by atoms with Gasteiger partial charge in [0.1, 0.15) is 0 Å². The molecule has 5 heteroatoms. The van der Waals surface area contributed by atoms with E-state index in [4.69, 9.17) is 16.3 Å². The van der Waals surface area contributed by atoms with Gasteiger partial charge in [-0.1, -0.05) is 17.7 Å². The summed E-state index contributed by atoms with van der Waals surface area (Å²) < 4.78 is 30.1. The van der Waals surface area contributed by atoms with E-state index in [1.807, 2.05) is 0 Å². The summed E-state index contributed by atoms with van der Waals surface area (Å²) in [5, 5.41) is 0.383. The van der Waals surface area contributed by atoms with Crippen molar-refractivity contribution >= 4 is 17.6 Å². The van der Waals surface area contributed by atoms with Crippen LogP contribution in [-0.4, -0.2) is 12.6 Å². The Balaban J connectivity index is 2.75. The van der Waals surface area contributed by atoms with Crippen molar-refractivity contribution in [1.29, 1.82) is 0 Å². The molecule has 0 amide bonds. The lowest BCUT2D eigenvalue weighted by atomic mass is 10.0. The Labute approximate surface area is 104 Å². The molecule has 0 aromatic heterocycles. The summed E-state index contributed by atoms with van der Waals surface area (Å²) in [6.07, 6.45) is -2.28.